The van der Waals surface area contributed by atoms with Crippen LogP contribution in [0.15, 0.2) is 53.4 Å². The van der Waals surface area contributed by atoms with E-state index in [1.54, 1.807) is 30.2 Å². The third-order valence-corrected chi connectivity index (χ3v) is 6.51. The van der Waals surface area contributed by atoms with E-state index in [1.165, 1.54) is 0 Å². The minimum absolute atomic E-state index is 0.0692. The molecule has 0 saturated carbocycles. The zero-order chi connectivity index (χ0) is 19.5. The molecule has 1 N–H and O–H groups in total. The number of anilines is 1. The molecule has 0 bridgehead atoms. The Kier molecular flexibility index (Phi) is 5.54. The standard InChI is InChI=1S/C21H21N3O2S2/c1-26-16-7-3-5-14(11-16)20-23-18-9-10-24(13-19(18)28-20)21(25)22-15-6-4-8-17(12-15)27-2/h3-8,11-12H,9-10,13H2,1-2H3,(H,22,25). The molecule has 7 heteroatoms. The molecular weight excluding hydrogens is 390 g/mol. The first-order valence-electron chi connectivity index (χ1n) is 8.99. The van der Waals surface area contributed by atoms with E-state index in [2.05, 4.69) is 5.32 Å². The van der Waals surface area contributed by atoms with Gasteiger partial charge < -0.3 is 15.0 Å². The van der Waals surface area contributed by atoms with E-state index in [0.717, 1.165) is 43.9 Å². The van der Waals surface area contributed by atoms with Gasteiger partial charge in [0.25, 0.3) is 0 Å². The van der Waals surface area contributed by atoms with Crippen LogP contribution in [0, 0.1) is 0 Å². The Balaban J connectivity index is 1.48. The van der Waals surface area contributed by atoms with Gasteiger partial charge in [-0.25, -0.2) is 9.78 Å². The molecule has 144 valence electrons. The van der Waals surface area contributed by atoms with E-state index in [9.17, 15) is 4.79 Å². The summed E-state index contributed by atoms with van der Waals surface area (Å²) in [5, 5.41) is 3.98. The number of hydrogen-bond donors (Lipinski definition) is 1. The SMILES string of the molecule is COc1cccc(-c2nc3c(s2)CN(C(=O)Nc2cccc(SC)c2)CC3)c1. The van der Waals surface area contributed by atoms with Gasteiger partial charge in [-0.15, -0.1) is 23.1 Å². The summed E-state index contributed by atoms with van der Waals surface area (Å²) in [7, 11) is 1.66. The molecule has 2 aromatic carbocycles. The molecule has 5 nitrogen and oxygen atoms in total. The highest BCUT2D eigenvalue weighted by atomic mass is 32.2. The molecule has 28 heavy (non-hydrogen) atoms. The molecule has 1 aromatic heterocycles. The largest absolute Gasteiger partial charge is 0.497 e. The summed E-state index contributed by atoms with van der Waals surface area (Å²) < 4.78 is 5.31. The predicted octanol–water partition coefficient (Wildman–Crippen LogP) is 5.13. The zero-order valence-electron chi connectivity index (χ0n) is 15.8. The summed E-state index contributed by atoms with van der Waals surface area (Å²) in [5.41, 5.74) is 2.96. The number of carbonyl (C=O) groups is 1. The number of nitrogens with one attached hydrogen (secondary N) is 1. The van der Waals surface area contributed by atoms with Gasteiger partial charge in [-0.3, -0.25) is 0 Å². The second-order valence-electron chi connectivity index (χ2n) is 6.45. The Morgan fingerprint density at radius 1 is 1.25 bits per heavy atom. The van der Waals surface area contributed by atoms with Crippen LogP contribution in [0.2, 0.25) is 0 Å². The molecule has 0 saturated heterocycles. The molecule has 0 atom stereocenters. The quantitative estimate of drug-likeness (QED) is 0.605. The Hall–Kier alpha value is -2.51. The molecule has 2 heterocycles. The minimum atomic E-state index is -0.0692. The number of rotatable bonds is 4. The van der Waals surface area contributed by atoms with E-state index >= 15 is 0 Å². The van der Waals surface area contributed by atoms with Crippen molar-refractivity contribution in [2.24, 2.45) is 0 Å². The molecular formula is C21H21N3O2S2. The van der Waals surface area contributed by atoms with E-state index in [4.69, 9.17) is 9.72 Å². The van der Waals surface area contributed by atoms with E-state index in [1.807, 2.05) is 59.7 Å². The Bertz CT molecular complexity index is 1000. The molecule has 1 aliphatic rings. The topological polar surface area (TPSA) is 54.5 Å². The minimum Gasteiger partial charge on any atom is -0.497 e. The number of urea groups is 1. The fourth-order valence-electron chi connectivity index (χ4n) is 3.15. The van der Waals surface area contributed by atoms with Crippen molar-refractivity contribution >= 4 is 34.8 Å². The molecule has 0 unspecified atom stereocenters. The van der Waals surface area contributed by atoms with Crippen LogP contribution in [0.4, 0.5) is 10.5 Å². The molecule has 0 fully saturated rings. The summed E-state index contributed by atoms with van der Waals surface area (Å²) in [6.07, 6.45) is 2.80. The van der Waals surface area contributed by atoms with Gasteiger partial charge in [0, 0.05) is 34.0 Å². The van der Waals surface area contributed by atoms with E-state index in [-0.39, 0.29) is 6.03 Å². The number of fused-ring (bicyclic) bond motifs is 1. The number of thioether (sulfide) groups is 1. The van der Waals surface area contributed by atoms with Crippen LogP contribution in [0.25, 0.3) is 10.6 Å². The summed E-state index contributed by atoms with van der Waals surface area (Å²) in [6.45, 7) is 1.26. The highest BCUT2D eigenvalue weighted by molar-refractivity contribution is 7.98. The first-order chi connectivity index (χ1) is 13.7. The number of nitrogens with zero attached hydrogens (tertiary/aromatic N) is 2. The average molecular weight is 412 g/mol. The van der Waals surface area contributed by atoms with Crippen LogP contribution in [0.5, 0.6) is 5.75 Å². The van der Waals surface area contributed by atoms with Crippen molar-refractivity contribution in [1.82, 2.24) is 9.88 Å². The lowest BCUT2D eigenvalue weighted by Gasteiger charge is -2.26. The van der Waals surface area contributed by atoms with Crippen molar-refractivity contribution in [2.45, 2.75) is 17.9 Å². The third kappa shape index (κ3) is 4.00. The maximum Gasteiger partial charge on any atom is 0.322 e. The molecule has 4 rings (SSSR count). The van der Waals surface area contributed by atoms with Crippen molar-refractivity contribution in [3.05, 3.63) is 59.1 Å². The molecule has 3 aromatic rings. The first kappa shape index (κ1) is 18.8. The van der Waals surface area contributed by atoms with Gasteiger partial charge in [0.2, 0.25) is 0 Å². The Morgan fingerprint density at radius 2 is 2.11 bits per heavy atom. The number of hydrogen-bond acceptors (Lipinski definition) is 5. The van der Waals surface area contributed by atoms with Crippen molar-refractivity contribution in [3.63, 3.8) is 0 Å². The maximum absolute atomic E-state index is 12.7. The van der Waals surface area contributed by atoms with Crippen molar-refractivity contribution in [3.8, 4) is 16.3 Å². The van der Waals surface area contributed by atoms with E-state index < -0.39 is 0 Å². The molecule has 0 aliphatic carbocycles. The highest BCUT2D eigenvalue weighted by Gasteiger charge is 2.24. The number of amides is 2. The number of benzene rings is 2. The van der Waals surface area contributed by atoms with Gasteiger partial charge in [-0.2, -0.15) is 0 Å². The Morgan fingerprint density at radius 3 is 2.93 bits per heavy atom. The number of thiazole rings is 1. The van der Waals surface area contributed by atoms with Crippen LogP contribution in [0.1, 0.15) is 10.6 Å². The predicted molar refractivity (Wildman–Crippen MR) is 115 cm³/mol. The van der Waals surface area contributed by atoms with Crippen molar-refractivity contribution in [2.75, 3.05) is 25.2 Å². The van der Waals surface area contributed by atoms with Gasteiger partial charge in [0.1, 0.15) is 10.8 Å². The third-order valence-electron chi connectivity index (χ3n) is 4.66. The van der Waals surface area contributed by atoms with Crippen molar-refractivity contribution in [1.29, 1.82) is 0 Å². The van der Waals surface area contributed by atoms with Gasteiger partial charge in [-0.1, -0.05) is 18.2 Å². The molecule has 0 spiro atoms. The lowest BCUT2D eigenvalue weighted by molar-refractivity contribution is 0.207. The molecule has 2 amide bonds. The van der Waals surface area contributed by atoms with Crippen LogP contribution < -0.4 is 10.1 Å². The van der Waals surface area contributed by atoms with Crippen LogP contribution in [0.3, 0.4) is 0 Å². The summed E-state index contributed by atoms with van der Waals surface area (Å²) in [6, 6.07) is 15.8. The molecule has 1 aliphatic heterocycles. The number of methoxy groups -OCH3 is 1. The summed E-state index contributed by atoms with van der Waals surface area (Å²) >= 11 is 3.31. The van der Waals surface area contributed by atoms with Gasteiger partial charge in [0.15, 0.2) is 0 Å². The second-order valence-corrected chi connectivity index (χ2v) is 8.42. The summed E-state index contributed by atoms with van der Waals surface area (Å²) in [5.74, 6) is 0.819. The number of ether oxygens (including phenoxy) is 1. The lowest BCUT2D eigenvalue weighted by atomic mass is 10.2. The van der Waals surface area contributed by atoms with E-state index in [0.29, 0.717) is 13.1 Å². The van der Waals surface area contributed by atoms with Crippen molar-refractivity contribution < 1.29 is 9.53 Å². The normalized spacial score (nSPS) is 13.1. The maximum atomic E-state index is 12.7. The van der Waals surface area contributed by atoms with Gasteiger partial charge >= 0.3 is 6.03 Å². The monoisotopic (exact) mass is 411 g/mol. The zero-order valence-corrected chi connectivity index (χ0v) is 17.4. The van der Waals surface area contributed by atoms with Crippen LogP contribution in [-0.4, -0.2) is 35.8 Å². The fourth-order valence-corrected chi connectivity index (χ4v) is 4.73. The second kappa shape index (κ2) is 8.24. The Labute approximate surface area is 172 Å². The number of aromatic nitrogens is 1. The smallest absolute Gasteiger partial charge is 0.322 e. The average Bonchev–Trinajstić information content (AvgIpc) is 3.17. The van der Waals surface area contributed by atoms with Gasteiger partial charge in [0.05, 0.1) is 19.3 Å². The van der Waals surface area contributed by atoms with Gasteiger partial charge in [-0.05, 0) is 36.6 Å². The fraction of sp³-hybridized carbons (Fsp3) is 0.238. The highest BCUT2D eigenvalue weighted by Crippen LogP contribution is 2.33. The number of carbonyl (C=O) groups excluding carboxylic acids is 1. The lowest BCUT2D eigenvalue weighted by Crippen LogP contribution is -2.38. The summed E-state index contributed by atoms with van der Waals surface area (Å²) in [4.78, 5) is 21.6. The van der Waals surface area contributed by atoms with Crippen LogP contribution >= 0.6 is 23.1 Å². The first-order valence-corrected chi connectivity index (χ1v) is 11.0. The van der Waals surface area contributed by atoms with Crippen LogP contribution in [-0.2, 0) is 13.0 Å². The molecule has 0 radical (unpaired) electrons.